The van der Waals surface area contributed by atoms with E-state index in [1.807, 2.05) is 6.07 Å². The van der Waals surface area contributed by atoms with Crippen molar-refractivity contribution in [2.45, 2.75) is 25.4 Å². The summed E-state index contributed by atoms with van der Waals surface area (Å²) in [6.45, 7) is 0.620. The maximum absolute atomic E-state index is 5.06. The van der Waals surface area contributed by atoms with Gasteiger partial charge in [0.15, 0.2) is 5.11 Å². The Bertz CT molecular complexity index is 282. The average molecular weight is 197 g/mol. The molecule has 0 saturated heterocycles. The van der Waals surface area contributed by atoms with Gasteiger partial charge in [0.2, 0.25) is 0 Å². The minimum Gasteiger partial charge on any atom is -0.364 e. The summed E-state index contributed by atoms with van der Waals surface area (Å²) in [6, 6.07) is 2.41. The van der Waals surface area contributed by atoms with E-state index in [4.69, 9.17) is 12.2 Å². The maximum Gasteiger partial charge on any atom is 0.166 e. The van der Waals surface area contributed by atoms with Crippen LogP contribution in [0.2, 0.25) is 0 Å². The summed E-state index contributed by atoms with van der Waals surface area (Å²) in [5.41, 5.74) is 0.861. The first kappa shape index (κ1) is 8.50. The van der Waals surface area contributed by atoms with Crippen LogP contribution in [0.1, 0.15) is 18.5 Å². The molecule has 1 saturated carbocycles. The molecule has 1 heterocycles. The molecule has 2 N–H and O–H groups in total. The van der Waals surface area contributed by atoms with Gasteiger partial charge in [-0.2, -0.15) is 0 Å². The molecule has 0 aromatic carbocycles. The Hall–Kier alpha value is -1.10. The molecule has 1 aromatic heterocycles. The van der Waals surface area contributed by atoms with Crippen molar-refractivity contribution >= 4 is 17.3 Å². The van der Waals surface area contributed by atoms with Crippen molar-refractivity contribution in [3.8, 4) is 0 Å². The lowest BCUT2D eigenvalue weighted by Gasteiger charge is -2.06. The number of rotatable bonds is 3. The van der Waals surface area contributed by atoms with Crippen LogP contribution in [0.3, 0.4) is 0 Å². The fraction of sp³-hybridized carbons (Fsp3) is 0.500. The van der Waals surface area contributed by atoms with E-state index < -0.39 is 0 Å². The van der Waals surface area contributed by atoms with Crippen molar-refractivity contribution < 1.29 is 4.52 Å². The Morgan fingerprint density at radius 3 is 3.15 bits per heavy atom. The van der Waals surface area contributed by atoms with Crippen LogP contribution in [0.4, 0.5) is 0 Å². The van der Waals surface area contributed by atoms with Gasteiger partial charge in [-0.25, -0.2) is 0 Å². The molecule has 1 aliphatic rings. The minimum atomic E-state index is 0.595. The number of hydrogen-bond donors (Lipinski definition) is 2. The summed E-state index contributed by atoms with van der Waals surface area (Å²) in [5.74, 6) is 0. The topological polar surface area (TPSA) is 50.1 Å². The van der Waals surface area contributed by atoms with Crippen LogP contribution < -0.4 is 10.6 Å². The first-order chi connectivity index (χ1) is 6.34. The second-order valence-electron chi connectivity index (χ2n) is 3.09. The van der Waals surface area contributed by atoms with Crippen LogP contribution in [0, 0.1) is 0 Å². The number of aromatic nitrogens is 1. The maximum atomic E-state index is 5.06. The number of thiocarbonyl (C=S) groups is 1. The SMILES string of the molecule is S=C(NCc1ccon1)NC1CC1. The monoisotopic (exact) mass is 197 g/mol. The Balaban J connectivity index is 1.69. The first-order valence-corrected chi connectivity index (χ1v) is 4.69. The van der Waals surface area contributed by atoms with E-state index in [1.54, 1.807) is 6.26 Å². The lowest BCUT2D eigenvalue weighted by molar-refractivity contribution is 0.411. The van der Waals surface area contributed by atoms with Crippen molar-refractivity contribution in [1.82, 2.24) is 15.8 Å². The van der Waals surface area contributed by atoms with Gasteiger partial charge < -0.3 is 15.2 Å². The number of nitrogens with zero attached hydrogens (tertiary/aromatic N) is 1. The quantitative estimate of drug-likeness (QED) is 0.702. The molecule has 70 valence electrons. The standard InChI is InChI=1S/C8H11N3OS/c13-8(10-6-1-2-6)9-5-7-3-4-12-11-7/h3-4,6H,1-2,5H2,(H2,9,10,13). The van der Waals surface area contributed by atoms with Gasteiger partial charge in [-0.1, -0.05) is 5.16 Å². The summed E-state index contributed by atoms with van der Waals surface area (Å²) in [4.78, 5) is 0. The second kappa shape index (κ2) is 3.74. The van der Waals surface area contributed by atoms with Crippen LogP contribution in [0.15, 0.2) is 16.9 Å². The van der Waals surface area contributed by atoms with E-state index in [2.05, 4.69) is 20.3 Å². The fourth-order valence-corrected chi connectivity index (χ4v) is 1.20. The average Bonchev–Trinajstić information content (AvgIpc) is 2.78. The summed E-state index contributed by atoms with van der Waals surface area (Å²) in [6.07, 6.45) is 4.01. The van der Waals surface area contributed by atoms with Crippen molar-refractivity contribution in [1.29, 1.82) is 0 Å². The minimum absolute atomic E-state index is 0.595. The van der Waals surface area contributed by atoms with Crippen LogP contribution in [0.5, 0.6) is 0 Å². The molecular weight excluding hydrogens is 186 g/mol. The molecule has 1 aliphatic carbocycles. The third-order valence-corrected chi connectivity index (χ3v) is 2.10. The molecule has 0 unspecified atom stereocenters. The predicted molar refractivity (Wildman–Crippen MR) is 52.1 cm³/mol. The number of nitrogens with one attached hydrogen (secondary N) is 2. The second-order valence-corrected chi connectivity index (χ2v) is 3.50. The molecule has 0 amide bonds. The van der Waals surface area contributed by atoms with Crippen LogP contribution in [-0.4, -0.2) is 16.3 Å². The van der Waals surface area contributed by atoms with Gasteiger partial charge in [-0.3, -0.25) is 0 Å². The van der Waals surface area contributed by atoms with E-state index in [0.717, 1.165) is 5.69 Å². The fourth-order valence-electron chi connectivity index (χ4n) is 0.964. The van der Waals surface area contributed by atoms with E-state index in [1.165, 1.54) is 12.8 Å². The largest absolute Gasteiger partial charge is 0.364 e. The molecule has 0 bridgehead atoms. The Morgan fingerprint density at radius 1 is 1.69 bits per heavy atom. The summed E-state index contributed by atoms with van der Waals surface area (Å²) in [5, 5.41) is 10.7. The molecule has 1 fully saturated rings. The van der Waals surface area contributed by atoms with Gasteiger partial charge in [-0.05, 0) is 25.1 Å². The molecule has 2 rings (SSSR count). The first-order valence-electron chi connectivity index (χ1n) is 4.28. The van der Waals surface area contributed by atoms with E-state index in [0.29, 0.717) is 17.7 Å². The van der Waals surface area contributed by atoms with Gasteiger partial charge in [0, 0.05) is 12.1 Å². The molecule has 13 heavy (non-hydrogen) atoms. The van der Waals surface area contributed by atoms with Crippen LogP contribution in [-0.2, 0) is 6.54 Å². The molecule has 4 nitrogen and oxygen atoms in total. The van der Waals surface area contributed by atoms with Crippen molar-refractivity contribution in [3.63, 3.8) is 0 Å². The molecule has 0 radical (unpaired) electrons. The van der Waals surface area contributed by atoms with E-state index in [9.17, 15) is 0 Å². The van der Waals surface area contributed by atoms with Gasteiger partial charge in [0.25, 0.3) is 0 Å². The van der Waals surface area contributed by atoms with Crippen molar-refractivity contribution in [3.05, 3.63) is 18.0 Å². The summed E-state index contributed by atoms with van der Waals surface area (Å²) >= 11 is 5.06. The Morgan fingerprint density at radius 2 is 2.54 bits per heavy atom. The van der Waals surface area contributed by atoms with Gasteiger partial charge in [0.1, 0.15) is 12.0 Å². The van der Waals surface area contributed by atoms with Crippen molar-refractivity contribution in [2.24, 2.45) is 0 Å². The highest BCUT2D eigenvalue weighted by atomic mass is 32.1. The molecule has 1 aromatic rings. The number of hydrogen-bond acceptors (Lipinski definition) is 3. The van der Waals surface area contributed by atoms with E-state index >= 15 is 0 Å². The molecule has 0 spiro atoms. The zero-order valence-corrected chi connectivity index (χ0v) is 7.93. The third-order valence-electron chi connectivity index (χ3n) is 1.83. The highest BCUT2D eigenvalue weighted by Crippen LogP contribution is 2.18. The molecule has 0 atom stereocenters. The predicted octanol–water partition coefficient (Wildman–Crippen LogP) is 0.801. The smallest absolute Gasteiger partial charge is 0.166 e. The van der Waals surface area contributed by atoms with E-state index in [-0.39, 0.29) is 0 Å². The lowest BCUT2D eigenvalue weighted by atomic mass is 10.4. The van der Waals surface area contributed by atoms with Gasteiger partial charge >= 0.3 is 0 Å². The highest BCUT2D eigenvalue weighted by molar-refractivity contribution is 7.80. The van der Waals surface area contributed by atoms with Crippen molar-refractivity contribution in [2.75, 3.05) is 0 Å². The van der Waals surface area contributed by atoms with Crippen LogP contribution in [0.25, 0.3) is 0 Å². The third kappa shape index (κ3) is 2.69. The normalized spacial score (nSPS) is 15.4. The Kier molecular flexibility index (Phi) is 2.44. The lowest BCUT2D eigenvalue weighted by Crippen LogP contribution is -2.36. The molecule has 5 heteroatoms. The van der Waals surface area contributed by atoms with Gasteiger partial charge in [-0.15, -0.1) is 0 Å². The zero-order valence-electron chi connectivity index (χ0n) is 7.12. The zero-order chi connectivity index (χ0) is 9.10. The summed E-state index contributed by atoms with van der Waals surface area (Å²) < 4.78 is 4.69. The highest BCUT2D eigenvalue weighted by Gasteiger charge is 2.21. The summed E-state index contributed by atoms with van der Waals surface area (Å²) in [7, 11) is 0. The molecular formula is C8H11N3OS. The van der Waals surface area contributed by atoms with Crippen LogP contribution >= 0.6 is 12.2 Å². The van der Waals surface area contributed by atoms with Gasteiger partial charge in [0.05, 0.1) is 6.54 Å². The molecule has 0 aliphatic heterocycles. The Labute approximate surface area is 81.7 Å².